The lowest BCUT2D eigenvalue weighted by Crippen LogP contribution is -2.27. The summed E-state index contributed by atoms with van der Waals surface area (Å²) in [5.41, 5.74) is 0.575. The Morgan fingerprint density at radius 1 is 1.37 bits per heavy atom. The molecular formula is C13H15ClN2O3. The van der Waals surface area contributed by atoms with Crippen LogP contribution in [0, 0.1) is 0 Å². The molecule has 0 bridgehead atoms. The summed E-state index contributed by atoms with van der Waals surface area (Å²) in [6, 6.07) is 4.94. The number of halogens is 1. The molecule has 1 aromatic rings. The first-order valence-corrected chi connectivity index (χ1v) is 6.50. The van der Waals surface area contributed by atoms with Gasteiger partial charge < -0.3 is 15.7 Å². The topological polar surface area (TPSA) is 78.4 Å². The number of anilines is 1. The van der Waals surface area contributed by atoms with Gasteiger partial charge in [0, 0.05) is 29.7 Å². The monoisotopic (exact) mass is 282 g/mol. The Morgan fingerprint density at radius 2 is 2.11 bits per heavy atom. The molecule has 0 aliphatic heterocycles. The van der Waals surface area contributed by atoms with E-state index in [1.54, 1.807) is 12.1 Å². The second-order valence-corrected chi connectivity index (χ2v) is 4.95. The Bertz CT molecular complexity index is 501. The number of amides is 1. The van der Waals surface area contributed by atoms with E-state index < -0.39 is 5.97 Å². The standard InChI is InChI=1S/C13H15ClN2O3/c14-8-1-4-11(10(7-8)13(18)19)15-6-5-12(17)16-9-2-3-9/h1,4,7,9,15H,2-3,5-6H2,(H,16,17)(H,18,19). The molecule has 1 aliphatic rings. The fourth-order valence-corrected chi connectivity index (χ4v) is 1.86. The van der Waals surface area contributed by atoms with E-state index in [1.165, 1.54) is 6.07 Å². The third-order valence-electron chi connectivity index (χ3n) is 2.82. The number of aromatic carboxylic acids is 1. The van der Waals surface area contributed by atoms with Crippen LogP contribution in [-0.4, -0.2) is 29.6 Å². The zero-order valence-electron chi connectivity index (χ0n) is 10.3. The lowest BCUT2D eigenvalue weighted by molar-refractivity contribution is -0.120. The van der Waals surface area contributed by atoms with E-state index in [-0.39, 0.29) is 11.5 Å². The molecule has 19 heavy (non-hydrogen) atoms. The van der Waals surface area contributed by atoms with Crippen molar-refractivity contribution in [3.63, 3.8) is 0 Å². The van der Waals surface area contributed by atoms with Gasteiger partial charge in [0.05, 0.1) is 5.56 Å². The van der Waals surface area contributed by atoms with Crippen molar-refractivity contribution >= 4 is 29.2 Å². The van der Waals surface area contributed by atoms with Gasteiger partial charge in [-0.05, 0) is 31.0 Å². The van der Waals surface area contributed by atoms with Gasteiger partial charge >= 0.3 is 5.97 Å². The average molecular weight is 283 g/mol. The first-order valence-electron chi connectivity index (χ1n) is 6.12. The zero-order valence-corrected chi connectivity index (χ0v) is 11.0. The predicted molar refractivity (Wildman–Crippen MR) is 72.7 cm³/mol. The van der Waals surface area contributed by atoms with Gasteiger partial charge in [-0.15, -0.1) is 0 Å². The fourth-order valence-electron chi connectivity index (χ4n) is 1.69. The zero-order chi connectivity index (χ0) is 13.8. The minimum Gasteiger partial charge on any atom is -0.478 e. The summed E-state index contributed by atoms with van der Waals surface area (Å²) in [6.45, 7) is 0.389. The van der Waals surface area contributed by atoms with Crippen molar-refractivity contribution < 1.29 is 14.7 Å². The summed E-state index contributed by atoms with van der Waals surface area (Å²) in [5.74, 6) is -1.06. The van der Waals surface area contributed by atoms with Crippen LogP contribution in [0.15, 0.2) is 18.2 Å². The Hall–Kier alpha value is -1.75. The number of hydrogen-bond acceptors (Lipinski definition) is 3. The summed E-state index contributed by atoms with van der Waals surface area (Å²) in [6.07, 6.45) is 2.43. The molecule has 102 valence electrons. The molecule has 1 aliphatic carbocycles. The molecule has 2 rings (SSSR count). The van der Waals surface area contributed by atoms with Crippen LogP contribution in [0.5, 0.6) is 0 Å². The van der Waals surface area contributed by atoms with E-state index >= 15 is 0 Å². The molecule has 0 unspecified atom stereocenters. The predicted octanol–water partition coefficient (Wildman–Crippen LogP) is 2.12. The highest BCUT2D eigenvalue weighted by Crippen LogP contribution is 2.21. The average Bonchev–Trinajstić information content (AvgIpc) is 3.14. The molecule has 0 saturated heterocycles. The molecule has 0 aromatic heterocycles. The van der Waals surface area contributed by atoms with Crippen LogP contribution in [0.2, 0.25) is 5.02 Å². The van der Waals surface area contributed by atoms with Gasteiger partial charge in [0.2, 0.25) is 5.91 Å². The highest BCUT2D eigenvalue weighted by molar-refractivity contribution is 6.31. The molecule has 0 radical (unpaired) electrons. The van der Waals surface area contributed by atoms with Crippen molar-refractivity contribution in [2.75, 3.05) is 11.9 Å². The highest BCUT2D eigenvalue weighted by atomic mass is 35.5. The van der Waals surface area contributed by atoms with Crippen molar-refractivity contribution in [2.45, 2.75) is 25.3 Å². The van der Waals surface area contributed by atoms with Crippen LogP contribution < -0.4 is 10.6 Å². The maximum absolute atomic E-state index is 11.5. The van der Waals surface area contributed by atoms with E-state index in [0.29, 0.717) is 29.7 Å². The van der Waals surface area contributed by atoms with E-state index in [0.717, 1.165) is 12.8 Å². The smallest absolute Gasteiger partial charge is 0.337 e. The van der Waals surface area contributed by atoms with E-state index in [4.69, 9.17) is 16.7 Å². The molecule has 0 atom stereocenters. The number of carboxylic acids is 1. The van der Waals surface area contributed by atoms with Crippen molar-refractivity contribution in [3.8, 4) is 0 Å². The van der Waals surface area contributed by atoms with Crippen LogP contribution in [0.3, 0.4) is 0 Å². The molecule has 1 saturated carbocycles. The van der Waals surface area contributed by atoms with Gasteiger partial charge in [-0.25, -0.2) is 4.79 Å². The van der Waals surface area contributed by atoms with Crippen LogP contribution in [0.1, 0.15) is 29.6 Å². The number of nitrogens with one attached hydrogen (secondary N) is 2. The quantitative estimate of drug-likeness (QED) is 0.747. The van der Waals surface area contributed by atoms with Crippen molar-refractivity contribution in [1.29, 1.82) is 0 Å². The van der Waals surface area contributed by atoms with Crippen LogP contribution in [-0.2, 0) is 4.79 Å². The number of rotatable bonds is 6. The second kappa shape index (κ2) is 5.93. The molecular weight excluding hydrogens is 268 g/mol. The number of hydrogen-bond donors (Lipinski definition) is 3. The third kappa shape index (κ3) is 4.13. The van der Waals surface area contributed by atoms with Gasteiger partial charge in [-0.3, -0.25) is 4.79 Å². The maximum Gasteiger partial charge on any atom is 0.337 e. The first-order chi connectivity index (χ1) is 9.06. The Kier molecular flexibility index (Phi) is 4.27. The molecule has 1 fully saturated rings. The number of carbonyl (C=O) groups excluding carboxylic acids is 1. The molecule has 0 heterocycles. The second-order valence-electron chi connectivity index (χ2n) is 4.51. The summed E-state index contributed by atoms with van der Waals surface area (Å²) >= 11 is 5.75. The van der Waals surface area contributed by atoms with E-state index in [1.807, 2.05) is 0 Å². The lowest BCUT2D eigenvalue weighted by atomic mass is 10.1. The summed E-state index contributed by atoms with van der Waals surface area (Å²) in [7, 11) is 0. The van der Waals surface area contributed by atoms with Gasteiger partial charge in [-0.2, -0.15) is 0 Å². The number of carbonyl (C=O) groups is 2. The SMILES string of the molecule is O=C(CCNc1ccc(Cl)cc1C(=O)O)NC1CC1. The van der Waals surface area contributed by atoms with E-state index in [9.17, 15) is 9.59 Å². The van der Waals surface area contributed by atoms with Crippen LogP contribution in [0.4, 0.5) is 5.69 Å². The third-order valence-corrected chi connectivity index (χ3v) is 3.06. The summed E-state index contributed by atoms with van der Waals surface area (Å²) in [5, 5.41) is 15.2. The minimum atomic E-state index is -1.05. The normalized spacial score (nSPS) is 13.9. The van der Waals surface area contributed by atoms with Gasteiger partial charge in [0.1, 0.15) is 0 Å². The Morgan fingerprint density at radius 3 is 2.74 bits per heavy atom. The molecule has 1 amide bonds. The van der Waals surface area contributed by atoms with Crippen molar-refractivity contribution in [3.05, 3.63) is 28.8 Å². The molecule has 1 aromatic carbocycles. The van der Waals surface area contributed by atoms with Crippen LogP contribution >= 0.6 is 11.6 Å². The van der Waals surface area contributed by atoms with Gasteiger partial charge in [0.25, 0.3) is 0 Å². The molecule has 0 spiro atoms. The highest BCUT2D eigenvalue weighted by Gasteiger charge is 2.22. The van der Waals surface area contributed by atoms with Crippen molar-refractivity contribution in [2.24, 2.45) is 0 Å². The fraction of sp³-hybridized carbons (Fsp3) is 0.385. The molecule has 5 nitrogen and oxygen atoms in total. The Labute approximate surface area is 116 Å². The summed E-state index contributed by atoms with van der Waals surface area (Å²) in [4.78, 5) is 22.5. The van der Waals surface area contributed by atoms with Crippen LogP contribution in [0.25, 0.3) is 0 Å². The minimum absolute atomic E-state index is 0.0131. The van der Waals surface area contributed by atoms with Gasteiger partial charge in [0.15, 0.2) is 0 Å². The number of benzene rings is 1. The molecule has 3 N–H and O–H groups in total. The Balaban J connectivity index is 1.87. The summed E-state index contributed by atoms with van der Waals surface area (Å²) < 4.78 is 0. The lowest BCUT2D eigenvalue weighted by Gasteiger charge is -2.10. The maximum atomic E-state index is 11.5. The molecule has 6 heteroatoms. The first kappa shape index (κ1) is 13.7. The largest absolute Gasteiger partial charge is 0.478 e. The number of carboxylic acid groups (broad SMARTS) is 1. The van der Waals surface area contributed by atoms with Crippen molar-refractivity contribution in [1.82, 2.24) is 5.32 Å². The van der Waals surface area contributed by atoms with Gasteiger partial charge in [-0.1, -0.05) is 11.6 Å². The van der Waals surface area contributed by atoms with E-state index in [2.05, 4.69) is 10.6 Å².